The maximum Gasteiger partial charge on any atom is 0.251 e. The van der Waals surface area contributed by atoms with Gasteiger partial charge in [-0.2, -0.15) is 0 Å². The average molecular weight is 251 g/mol. The molecule has 1 aromatic carbocycles. The molecule has 2 atom stereocenters. The predicted octanol–water partition coefficient (Wildman–Crippen LogP) is 1.73. The average Bonchev–Trinajstić information content (AvgIpc) is 2.62. The topological polar surface area (TPSA) is 32.3 Å². The first-order valence-electron chi connectivity index (χ1n) is 5.91. The van der Waals surface area contributed by atoms with Crippen LogP contribution in [0, 0.1) is 5.92 Å². The van der Waals surface area contributed by atoms with Gasteiger partial charge in [-0.05, 0) is 30.7 Å². The largest absolute Gasteiger partial charge is 0.352 e. The van der Waals surface area contributed by atoms with Gasteiger partial charge in [0.2, 0.25) is 0 Å². The van der Waals surface area contributed by atoms with Gasteiger partial charge in [-0.15, -0.1) is 0 Å². The first-order chi connectivity index (χ1) is 8.15. The number of amides is 1. The van der Waals surface area contributed by atoms with Gasteiger partial charge in [-0.25, -0.2) is 0 Å². The Bertz CT molecular complexity index is 474. The van der Waals surface area contributed by atoms with Crippen LogP contribution >= 0.6 is 11.6 Å². The zero-order valence-electron chi connectivity index (χ0n) is 9.74. The third-order valence-corrected chi connectivity index (χ3v) is 4.04. The maximum atomic E-state index is 12.0. The van der Waals surface area contributed by atoms with Crippen molar-refractivity contribution < 1.29 is 4.79 Å². The highest BCUT2D eigenvalue weighted by molar-refractivity contribution is 6.31. The lowest BCUT2D eigenvalue weighted by Crippen LogP contribution is -2.29. The van der Waals surface area contributed by atoms with Gasteiger partial charge < -0.3 is 10.2 Å². The molecule has 0 radical (unpaired) electrons. The molecule has 1 fully saturated rings. The number of nitrogens with one attached hydrogen (secondary N) is 1. The summed E-state index contributed by atoms with van der Waals surface area (Å²) >= 11 is 5.98. The van der Waals surface area contributed by atoms with Crippen molar-refractivity contribution in [1.82, 2.24) is 10.2 Å². The van der Waals surface area contributed by atoms with Crippen molar-refractivity contribution in [2.45, 2.75) is 5.92 Å². The number of nitrogens with zero attached hydrogens (tertiary/aromatic N) is 1. The number of fused-ring (bicyclic) bond motifs is 3. The SMILES string of the molecule is CN1CC2CNC(=O)c3cc(Cl)ccc3C2C1. The monoisotopic (exact) mass is 250 g/mol. The number of rotatable bonds is 0. The van der Waals surface area contributed by atoms with E-state index in [1.54, 1.807) is 6.07 Å². The summed E-state index contributed by atoms with van der Waals surface area (Å²) in [7, 11) is 2.13. The van der Waals surface area contributed by atoms with Gasteiger partial charge in [0.05, 0.1) is 0 Å². The highest BCUT2D eigenvalue weighted by Gasteiger charge is 2.36. The molecule has 0 bridgehead atoms. The Morgan fingerprint density at radius 2 is 2.24 bits per heavy atom. The van der Waals surface area contributed by atoms with Crippen LogP contribution < -0.4 is 5.32 Å². The van der Waals surface area contributed by atoms with Gasteiger partial charge >= 0.3 is 0 Å². The number of hydrogen-bond acceptors (Lipinski definition) is 2. The van der Waals surface area contributed by atoms with Crippen LogP contribution in [-0.4, -0.2) is 37.5 Å². The quantitative estimate of drug-likeness (QED) is 0.761. The van der Waals surface area contributed by atoms with E-state index < -0.39 is 0 Å². The van der Waals surface area contributed by atoms with Gasteiger partial charge in [-0.3, -0.25) is 4.79 Å². The summed E-state index contributed by atoms with van der Waals surface area (Å²) in [4.78, 5) is 14.3. The van der Waals surface area contributed by atoms with E-state index in [0.29, 0.717) is 16.9 Å². The number of hydrogen-bond donors (Lipinski definition) is 1. The zero-order valence-corrected chi connectivity index (χ0v) is 10.5. The highest BCUT2D eigenvalue weighted by atomic mass is 35.5. The van der Waals surface area contributed by atoms with Crippen LogP contribution in [0.15, 0.2) is 18.2 Å². The summed E-state index contributed by atoms with van der Waals surface area (Å²) in [5.41, 5.74) is 1.90. The summed E-state index contributed by atoms with van der Waals surface area (Å²) < 4.78 is 0. The van der Waals surface area contributed by atoms with Gasteiger partial charge in [0.1, 0.15) is 0 Å². The number of benzene rings is 1. The van der Waals surface area contributed by atoms with Crippen molar-refractivity contribution in [2.75, 3.05) is 26.7 Å². The third kappa shape index (κ3) is 1.83. The molecule has 1 amide bonds. The zero-order chi connectivity index (χ0) is 12.0. The third-order valence-electron chi connectivity index (χ3n) is 3.81. The van der Waals surface area contributed by atoms with Crippen LogP contribution in [0.1, 0.15) is 21.8 Å². The predicted molar refractivity (Wildman–Crippen MR) is 67.5 cm³/mol. The Balaban J connectivity index is 2.09. The molecule has 2 heterocycles. The molecule has 0 spiro atoms. The Morgan fingerprint density at radius 1 is 1.41 bits per heavy atom. The van der Waals surface area contributed by atoms with Crippen molar-refractivity contribution in [3.8, 4) is 0 Å². The summed E-state index contributed by atoms with van der Waals surface area (Å²) in [5, 5.41) is 3.62. The molecule has 2 unspecified atom stereocenters. The van der Waals surface area contributed by atoms with E-state index in [1.807, 2.05) is 12.1 Å². The fraction of sp³-hybridized carbons (Fsp3) is 0.462. The van der Waals surface area contributed by atoms with Crippen LogP contribution in [-0.2, 0) is 0 Å². The van der Waals surface area contributed by atoms with Gasteiger partial charge in [0.15, 0.2) is 0 Å². The van der Waals surface area contributed by atoms with Crippen LogP contribution in [0.25, 0.3) is 0 Å². The molecule has 0 saturated carbocycles. The second kappa shape index (κ2) is 4.00. The molecule has 2 aliphatic heterocycles. The van der Waals surface area contributed by atoms with E-state index in [1.165, 1.54) is 0 Å². The molecular weight excluding hydrogens is 236 g/mol. The molecule has 2 aliphatic rings. The molecule has 90 valence electrons. The highest BCUT2D eigenvalue weighted by Crippen LogP contribution is 2.36. The van der Waals surface area contributed by atoms with E-state index in [2.05, 4.69) is 17.3 Å². The lowest BCUT2D eigenvalue weighted by atomic mass is 9.87. The minimum Gasteiger partial charge on any atom is -0.352 e. The fourth-order valence-corrected chi connectivity index (χ4v) is 3.19. The first kappa shape index (κ1) is 11.1. The van der Waals surface area contributed by atoms with E-state index in [-0.39, 0.29) is 5.91 Å². The smallest absolute Gasteiger partial charge is 0.251 e. The van der Waals surface area contributed by atoms with Gasteiger partial charge in [0, 0.05) is 36.1 Å². The molecule has 1 N–H and O–H groups in total. The molecule has 3 rings (SSSR count). The number of likely N-dealkylation sites (tertiary alicyclic amines) is 1. The lowest BCUT2D eigenvalue weighted by molar-refractivity contribution is 0.0951. The molecule has 0 aromatic heterocycles. The van der Waals surface area contributed by atoms with Crippen LogP contribution in [0.2, 0.25) is 5.02 Å². The van der Waals surface area contributed by atoms with Crippen LogP contribution in [0.5, 0.6) is 0 Å². The summed E-state index contributed by atoms with van der Waals surface area (Å²) in [5.74, 6) is 0.983. The van der Waals surface area contributed by atoms with Crippen LogP contribution in [0.4, 0.5) is 0 Å². The maximum absolute atomic E-state index is 12.0. The van der Waals surface area contributed by atoms with E-state index in [0.717, 1.165) is 30.8 Å². The van der Waals surface area contributed by atoms with E-state index >= 15 is 0 Å². The molecule has 4 heteroatoms. The van der Waals surface area contributed by atoms with Crippen molar-refractivity contribution in [3.05, 3.63) is 34.3 Å². The minimum absolute atomic E-state index is 0.0135. The molecule has 17 heavy (non-hydrogen) atoms. The number of halogens is 1. The Kier molecular flexibility index (Phi) is 2.60. The molecule has 1 aromatic rings. The first-order valence-corrected chi connectivity index (χ1v) is 6.29. The fourth-order valence-electron chi connectivity index (χ4n) is 3.01. The number of carbonyl (C=O) groups excluding carboxylic acids is 1. The van der Waals surface area contributed by atoms with Crippen molar-refractivity contribution in [2.24, 2.45) is 5.92 Å². The van der Waals surface area contributed by atoms with Crippen molar-refractivity contribution >= 4 is 17.5 Å². The number of likely N-dealkylation sites (N-methyl/N-ethyl adjacent to an activating group) is 1. The second-order valence-corrected chi connectivity index (χ2v) is 5.47. The van der Waals surface area contributed by atoms with Crippen molar-refractivity contribution in [3.63, 3.8) is 0 Å². The minimum atomic E-state index is 0.0135. The molecule has 1 saturated heterocycles. The summed E-state index contributed by atoms with van der Waals surface area (Å²) in [6.07, 6.45) is 0. The van der Waals surface area contributed by atoms with E-state index in [9.17, 15) is 4.79 Å². The molecule has 3 nitrogen and oxygen atoms in total. The molecule has 0 aliphatic carbocycles. The van der Waals surface area contributed by atoms with Gasteiger partial charge in [0.25, 0.3) is 5.91 Å². The molecular formula is C13H15ClN2O. The lowest BCUT2D eigenvalue weighted by Gasteiger charge is -2.16. The van der Waals surface area contributed by atoms with Gasteiger partial charge in [-0.1, -0.05) is 17.7 Å². The Morgan fingerprint density at radius 3 is 3.06 bits per heavy atom. The summed E-state index contributed by atoms with van der Waals surface area (Å²) in [6, 6.07) is 5.68. The van der Waals surface area contributed by atoms with Crippen molar-refractivity contribution in [1.29, 1.82) is 0 Å². The normalized spacial score (nSPS) is 28.2. The van der Waals surface area contributed by atoms with Crippen LogP contribution in [0.3, 0.4) is 0 Å². The number of carbonyl (C=O) groups is 1. The Hall–Kier alpha value is -1.06. The van der Waals surface area contributed by atoms with E-state index in [4.69, 9.17) is 11.6 Å². The Labute approximate surface area is 106 Å². The second-order valence-electron chi connectivity index (χ2n) is 5.03. The summed E-state index contributed by atoms with van der Waals surface area (Å²) in [6.45, 7) is 2.83. The standard InChI is InChI=1S/C13H15ClN2O/c1-16-6-8-5-15-13(17)11-4-9(14)2-3-10(11)12(8)7-16/h2-4,8,12H,5-7H2,1H3,(H,15,17).